The van der Waals surface area contributed by atoms with Crippen molar-refractivity contribution in [1.82, 2.24) is 9.88 Å². The fourth-order valence-corrected chi connectivity index (χ4v) is 3.57. The molecule has 1 amide bonds. The fraction of sp³-hybridized carbons (Fsp3) is 0.333. The summed E-state index contributed by atoms with van der Waals surface area (Å²) in [6.45, 7) is 2.64. The lowest BCUT2D eigenvalue weighted by atomic mass is 10.0. The summed E-state index contributed by atoms with van der Waals surface area (Å²) in [5.74, 6) is 0.0584. The van der Waals surface area contributed by atoms with Crippen LogP contribution in [-0.4, -0.2) is 22.3 Å². The number of aromatic nitrogens is 1. The Morgan fingerprint density at radius 2 is 2.15 bits per heavy atom. The van der Waals surface area contributed by atoms with Gasteiger partial charge in [0, 0.05) is 6.54 Å². The van der Waals surface area contributed by atoms with E-state index in [1.165, 1.54) is 16.9 Å². The molecule has 104 valence electrons. The number of rotatable bonds is 2. The highest BCUT2D eigenvalue weighted by atomic mass is 32.1. The Hall–Kier alpha value is -1.88. The maximum absolute atomic E-state index is 12.7. The van der Waals surface area contributed by atoms with Gasteiger partial charge in [-0.2, -0.15) is 0 Å². The van der Waals surface area contributed by atoms with Crippen molar-refractivity contribution >= 4 is 22.4 Å². The lowest BCUT2D eigenvalue weighted by molar-refractivity contribution is 0.0739. The predicted molar refractivity (Wildman–Crippen MR) is 80.7 cm³/mol. The summed E-state index contributed by atoms with van der Waals surface area (Å²) < 4.78 is 0. The molecule has 2 aromatic rings. The van der Waals surface area contributed by atoms with Gasteiger partial charge in [-0.25, -0.2) is 4.98 Å². The second-order valence-corrected chi connectivity index (χ2v) is 6.06. The molecule has 2 N–H and O–H groups in total. The van der Waals surface area contributed by atoms with E-state index >= 15 is 0 Å². The lowest BCUT2D eigenvalue weighted by Crippen LogP contribution is -2.30. The average Bonchev–Trinajstić information content (AvgIpc) is 3.05. The molecule has 1 fully saturated rings. The van der Waals surface area contributed by atoms with Gasteiger partial charge in [0.25, 0.3) is 5.91 Å². The molecule has 1 unspecified atom stereocenters. The Bertz CT molecular complexity index is 623. The number of nitrogens with two attached hydrogens (primary N) is 1. The number of aryl methyl sites for hydroxylation is 1. The number of likely N-dealkylation sites (tertiary alicyclic amines) is 1. The number of nitrogens with zero attached hydrogens (tertiary/aromatic N) is 2. The van der Waals surface area contributed by atoms with E-state index in [1.807, 2.05) is 30.0 Å². The van der Waals surface area contributed by atoms with Gasteiger partial charge in [-0.1, -0.05) is 41.7 Å². The van der Waals surface area contributed by atoms with Crippen molar-refractivity contribution in [2.75, 3.05) is 12.3 Å². The zero-order valence-electron chi connectivity index (χ0n) is 11.4. The minimum atomic E-state index is 0.0584. The quantitative estimate of drug-likeness (QED) is 0.923. The largest absolute Gasteiger partial charge is 0.375 e. The number of thiazole rings is 1. The van der Waals surface area contributed by atoms with Crippen LogP contribution in [-0.2, 0) is 0 Å². The molecule has 2 heterocycles. The van der Waals surface area contributed by atoms with Crippen LogP contribution in [0.4, 0.5) is 5.13 Å². The first-order valence-electron chi connectivity index (χ1n) is 6.75. The van der Waals surface area contributed by atoms with Crippen molar-refractivity contribution in [3.63, 3.8) is 0 Å². The third kappa shape index (κ3) is 2.29. The van der Waals surface area contributed by atoms with Crippen molar-refractivity contribution in [3.8, 4) is 0 Å². The minimum absolute atomic E-state index is 0.0584. The Morgan fingerprint density at radius 3 is 2.80 bits per heavy atom. The van der Waals surface area contributed by atoms with Gasteiger partial charge in [0.1, 0.15) is 4.88 Å². The highest BCUT2D eigenvalue weighted by Crippen LogP contribution is 2.34. The zero-order chi connectivity index (χ0) is 14.1. The van der Waals surface area contributed by atoms with Gasteiger partial charge in [-0.05, 0) is 25.3 Å². The van der Waals surface area contributed by atoms with Crippen LogP contribution in [0, 0.1) is 6.92 Å². The first-order chi connectivity index (χ1) is 9.66. The third-order valence-corrected chi connectivity index (χ3v) is 4.68. The van der Waals surface area contributed by atoms with Gasteiger partial charge >= 0.3 is 0 Å². The molecular weight excluding hydrogens is 270 g/mol. The summed E-state index contributed by atoms with van der Waals surface area (Å²) in [4.78, 5) is 19.5. The number of anilines is 1. The van der Waals surface area contributed by atoms with Crippen LogP contribution < -0.4 is 5.73 Å². The monoisotopic (exact) mass is 287 g/mol. The molecule has 1 aromatic carbocycles. The van der Waals surface area contributed by atoms with Crippen LogP contribution in [0.2, 0.25) is 0 Å². The molecule has 0 saturated carbocycles. The molecule has 1 aliphatic heterocycles. The van der Waals surface area contributed by atoms with E-state index in [0.717, 1.165) is 25.1 Å². The van der Waals surface area contributed by atoms with E-state index in [1.54, 1.807) is 0 Å². The topological polar surface area (TPSA) is 59.2 Å². The van der Waals surface area contributed by atoms with E-state index < -0.39 is 0 Å². The number of nitrogen functional groups attached to an aromatic ring is 1. The number of benzene rings is 1. The van der Waals surface area contributed by atoms with Crippen LogP contribution in [0.15, 0.2) is 30.3 Å². The number of amides is 1. The second-order valence-electron chi connectivity index (χ2n) is 5.03. The Balaban J connectivity index is 1.89. The summed E-state index contributed by atoms with van der Waals surface area (Å²) in [6.07, 6.45) is 2.06. The molecule has 1 aromatic heterocycles. The maximum atomic E-state index is 12.7. The highest BCUT2D eigenvalue weighted by molar-refractivity contribution is 7.17. The molecule has 1 atom stereocenters. The summed E-state index contributed by atoms with van der Waals surface area (Å²) in [6, 6.07) is 10.4. The molecule has 0 aliphatic carbocycles. The summed E-state index contributed by atoms with van der Waals surface area (Å²) >= 11 is 1.28. The normalized spacial score (nSPS) is 18.4. The number of hydrogen-bond acceptors (Lipinski definition) is 4. The Morgan fingerprint density at radius 1 is 1.40 bits per heavy atom. The third-order valence-electron chi connectivity index (χ3n) is 3.71. The van der Waals surface area contributed by atoms with Gasteiger partial charge in [0.2, 0.25) is 0 Å². The lowest BCUT2D eigenvalue weighted by Gasteiger charge is -2.24. The van der Waals surface area contributed by atoms with Gasteiger partial charge in [0.15, 0.2) is 5.13 Å². The van der Waals surface area contributed by atoms with E-state index in [9.17, 15) is 4.79 Å². The molecule has 4 nitrogen and oxygen atoms in total. The smallest absolute Gasteiger partial charge is 0.266 e. The van der Waals surface area contributed by atoms with Gasteiger partial charge in [-0.15, -0.1) is 0 Å². The minimum Gasteiger partial charge on any atom is -0.375 e. The van der Waals surface area contributed by atoms with Crippen molar-refractivity contribution in [2.45, 2.75) is 25.8 Å². The van der Waals surface area contributed by atoms with Gasteiger partial charge in [-0.3, -0.25) is 4.79 Å². The van der Waals surface area contributed by atoms with Crippen LogP contribution in [0.1, 0.15) is 39.8 Å². The maximum Gasteiger partial charge on any atom is 0.266 e. The molecule has 20 heavy (non-hydrogen) atoms. The van der Waals surface area contributed by atoms with Crippen LogP contribution in [0.3, 0.4) is 0 Å². The fourth-order valence-electron chi connectivity index (χ4n) is 2.78. The summed E-state index contributed by atoms with van der Waals surface area (Å²) in [7, 11) is 0. The number of hydrogen-bond donors (Lipinski definition) is 1. The zero-order valence-corrected chi connectivity index (χ0v) is 12.2. The first-order valence-corrected chi connectivity index (χ1v) is 7.57. The van der Waals surface area contributed by atoms with Crippen LogP contribution in [0.25, 0.3) is 0 Å². The predicted octanol–water partition coefficient (Wildman–Crippen LogP) is 3.01. The molecular formula is C15H17N3OS. The summed E-state index contributed by atoms with van der Waals surface area (Å²) in [5.41, 5.74) is 7.63. The molecule has 0 bridgehead atoms. The SMILES string of the molecule is Cc1nc(N)sc1C(=O)N1CCCC1c1ccccc1. The second kappa shape index (κ2) is 5.25. The number of carbonyl (C=O) groups excluding carboxylic acids is 1. The molecule has 1 aliphatic rings. The Labute approximate surface area is 122 Å². The van der Waals surface area contributed by atoms with E-state index in [2.05, 4.69) is 17.1 Å². The molecule has 3 rings (SSSR count). The van der Waals surface area contributed by atoms with Crippen molar-refractivity contribution in [3.05, 3.63) is 46.5 Å². The van der Waals surface area contributed by atoms with Gasteiger partial charge < -0.3 is 10.6 Å². The summed E-state index contributed by atoms with van der Waals surface area (Å²) in [5, 5.41) is 0.460. The molecule has 5 heteroatoms. The highest BCUT2D eigenvalue weighted by Gasteiger charge is 2.32. The Kier molecular flexibility index (Phi) is 3.44. The van der Waals surface area contributed by atoms with Crippen molar-refractivity contribution in [1.29, 1.82) is 0 Å². The first kappa shape index (κ1) is 13.1. The van der Waals surface area contributed by atoms with E-state index in [-0.39, 0.29) is 11.9 Å². The van der Waals surface area contributed by atoms with Crippen molar-refractivity contribution in [2.24, 2.45) is 0 Å². The van der Waals surface area contributed by atoms with E-state index in [0.29, 0.717) is 10.0 Å². The van der Waals surface area contributed by atoms with E-state index in [4.69, 9.17) is 5.73 Å². The van der Waals surface area contributed by atoms with Crippen LogP contribution in [0.5, 0.6) is 0 Å². The molecule has 1 saturated heterocycles. The van der Waals surface area contributed by atoms with Crippen LogP contribution >= 0.6 is 11.3 Å². The molecule has 0 spiro atoms. The standard InChI is InChI=1S/C15H17N3OS/c1-10-13(20-15(16)17-10)14(19)18-9-5-8-12(18)11-6-3-2-4-7-11/h2-4,6-7,12H,5,8-9H2,1H3,(H2,16,17). The molecule has 0 radical (unpaired) electrons. The average molecular weight is 287 g/mol. The van der Waals surface area contributed by atoms with Gasteiger partial charge in [0.05, 0.1) is 11.7 Å². The van der Waals surface area contributed by atoms with Crippen molar-refractivity contribution < 1.29 is 4.79 Å². The number of carbonyl (C=O) groups is 1.